The van der Waals surface area contributed by atoms with Gasteiger partial charge in [0.05, 0.1) is 5.69 Å². The van der Waals surface area contributed by atoms with E-state index in [0.717, 1.165) is 38.1 Å². The fraction of sp³-hybridized carbons (Fsp3) is 0.125. The van der Waals surface area contributed by atoms with E-state index in [1.807, 2.05) is 81.4 Å². The molecule has 0 bridgehead atoms. The molecule has 0 spiro atoms. The average Bonchev–Trinajstić information content (AvgIpc) is 3.18. The van der Waals surface area contributed by atoms with Gasteiger partial charge in [-0.25, -0.2) is 9.67 Å². The molecule has 0 aliphatic rings. The highest BCUT2D eigenvalue weighted by Gasteiger charge is 2.20. The molecule has 0 saturated heterocycles. The van der Waals surface area contributed by atoms with E-state index in [9.17, 15) is 4.79 Å². The molecular weight excluding hydrogens is 476 g/mol. The van der Waals surface area contributed by atoms with E-state index in [1.165, 1.54) is 0 Å². The summed E-state index contributed by atoms with van der Waals surface area (Å²) >= 11 is 9.79. The van der Waals surface area contributed by atoms with Crippen LogP contribution in [0.4, 0.5) is 5.69 Å². The highest BCUT2D eigenvalue weighted by Crippen LogP contribution is 2.26. The van der Waals surface area contributed by atoms with Crippen molar-refractivity contribution in [2.45, 2.75) is 20.8 Å². The first-order valence-corrected chi connectivity index (χ1v) is 10.9. The minimum atomic E-state index is -0.373. The highest BCUT2D eigenvalue weighted by atomic mass is 79.9. The third-order valence-corrected chi connectivity index (χ3v) is 5.88. The zero-order valence-electron chi connectivity index (χ0n) is 17.3. The Labute approximate surface area is 194 Å². The van der Waals surface area contributed by atoms with Crippen LogP contribution in [0.15, 0.2) is 65.1 Å². The van der Waals surface area contributed by atoms with Gasteiger partial charge >= 0.3 is 0 Å². The largest absolute Gasteiger partial charge is 0.319 e. The van der Waals surface area contributed by atoms with Crippen molar-refractivity contribution >= 4 is 39.1 Å². The number of carbonyl (C=O) groups excluding carboxylic acids is 1. The molecule has 0 aliphatic heterocycles. The molecule has 1 amide bonds. The molecule has 1 aromatic heterocycles. The second-order valence-corrected chi connectivity index (χ2v) is 8.71. The summed E-state index contributed by atoms with van der Waals surface area (Å²) in [7, 11) is 0. The molecule has 31 heavy (non-hydrogen) atoms. The lowest BCUT2D eigenvalue weighted by molar-refractivity contribution is 0.101. The molecule has 1 heterocycles. The first-order valence-electron chi connectivity index (χ1n) is 9.70. The number of hydrogen-bond donors (Lipinski definition) is 1. The number of amides is 1. The molecule has 156 valence electrons. The number of anilines is 1. The number of rotatable bonds is 4. The first-order chi connectivity index (χ1) is 14.8. The Morgan fingerprint density at radius 2 is 1.71 bits per heavy atom. The van der Waals surface area contributed by atoms with Crippen molar-refractivity contribution in [2.75, 3.05) is 5.32 Å². The van der Waals surface area contributed by atoms with E-state index in [0.29, 0.717) is 10.8 Å². The number of halogens is 2. The maximum atomic E-state index is 13.0. The van der Waals surface area contributed by atoms with Gasteiger partial charge in [0.1, 0.15) is 0 Å². The SMILES string of the molecule is Cc1ccc(NC(=O)c2nc(-c3ccc(Br)cc3)n(-c3ccc(C)c(Cl)c3)n2)c(C)c1. The monoisotopic (exact) mass is 494 g/mol. The van der Waals surface area contributed by atoms with Crippen LogP contribution in [0.2, 0.25) is 5.02 Å². The summed E-state index contributed by atoms with van der Waals surface area (Å²) in [5.74, 6) is 0.259. The lowest BCUT2D eigenvalue weighted by Gasteiger charge is -2.08. The second-order valence-electron chi connectivity index (χ2n) is 7.38. The van der Waals surface area contributed by atoms with Crippen LogP contribution in [-0.4, -0.2) is 20.7 Å². The number of benzene rings is 3. The van der Waals surface area contributed by atoms with Gasteiger partial charge in [0, 0.05) is 20.7 Å². The van der Waals surface area contributed by atoms with Crippen LogP contribution >= 0.6 is 27.5 Å². The number of hydrogen-bond acceptors (Lipinski definition) is 3. The third kappa shape index (κ3) is 4.55. The van der Waals surface area contributed by atoms with Gasteiger partial charge in [-0.2, -0.15) is 0 Å². The molecule has 0 fully saturated rings. The van der Waals surface area contributed by atoms with Gasteiger partial charge in [0.25, 0.3) is 5.91 Å². The number of nitrogens with zero attached hydrogens (tertiary/aromatic N) is 3. The quantitative estimate of drug-likeness (QED) is 0.350. The van der Waals surface area contributed by atoms with Crippen molar-refractivity contribution in [2.24, 2.45) is 0 Å². The zero-order chi connectivity index (χ0) is 22.1. The highest BCUT2D eigenvalue weighted by molar-refractivity contribution is 9.10. The maximum absolute atomic E-state index is 13.0. The smallest absolute Gasteiger partial charge is 0.295 e. The van der Waals surface area contributed by atoms with Crippen molar-refractivity contribution in [1.29, 1.82) is 0 Å². The molecule has 0 unspecified atom stereocenters. The van der Waals surface area contributed by atoms with E-state index in [-0.39, 0.29) is 11.7 Å². The van der Waals surface area contributed by atoms with Gasteiger partial charge in [-0.05, 0) is 62.2 Å². The van der Waals surface area contributed by atoms with Gasteiger partial charge in [0.15, 0.2) is 5.82 Å². The number of aryl methyl sites for hydroxylation is 3. The molecule has 5 nitrogen and oxygen atoms in total. The Balaban J connectivity index is 1.77. The molecule has 0 atom stereocenters. The number of carbonyl (C=O) groups is 1. The summed E-state index contributed by atoms with van der Waals surface area (Å²) in [4.78, 5) is 17.5. The predicted octanol–water partition coefficient (Wildman–Crippen LogP) is 6.53. The summed E-state index contributed by atoms with van der Waals surface area (Å²) in [6.45, 7) is 5.90. The lowest BCUT2D eigenvalue weighted by atomic mass is 10.1. The van der Waals surface area contributed by atoms with E-state index in [1.54, 1.807) is 4.68 Å². The van der Waals surface area contributed by atoms with Gasteiger partial charge in [0.2, 0.25) is 5.82 Å². The van der Waals surface area contributed by atoms with Crippen LogP contribution < -0.4 is 5.32 Å². The fourth-order valence-corrected chi connectivity index (χ4v) is 3.66. The van der Waals surface area contributed by atoms with Crippen LogP contribution in [0.3, 0.4) is 0 Å². The summed E-state index contributed by atoms with van der Waals surface area (Å²) in [6.07, 6.45) is 0. The van der Waals surface area contributed by atoms with Crippen molar-refractivity contribution in [3.8, 4) is 17.1 Å². The summed E-state index contributed by atoms with van der Waals surface area (Å²) in [5, 5.41) is 8.05. The fourth-order valence-electron chi connectivity index (χ4n) is 3.22. The number of aromatic nitrogens is 3. The standard InChI is InChI=1S/C24H20BrClN4O/c1-14-4-11-21(16(3)12-14)27-24(31)22-28-23(17-6-8-18(25)9-7-17)30(29-22)19-10-5-15(2)20(26)13-19/h4-13H,1-3H3,(H,27,31). The first kappa shape index (κ1) is 21.3. The normalized spacial score (nSPS) is 10.9. The van der Waals surface area contributed by atoms with Crippen LogP contribution in [0, 0.1) is 20.8 Å². The van der Waals surface area contributed by atoms with Crippen molar-refractivity contribution in [3.05, 3.63) is 92.7 Å². The minimum Gasteiger partial charge on any atom is -0.319 e. The Bertz CT molecular complexity index is 1280. The van der Waals surface area contributed by atoms with Gasteiger partial charge in [-0.3, -0.25) is 4.79 Å². The van der Waals surface area contributed by atoms with Crippen LogP contribution in [0.5, 0.6) is 0 Å². The topological polar surface area (TPSA) is 59.8 Å². The van der Waals surface area contributed by atoms with E-state index < -0.39 is 0 Å². The summed E-state index contributed by atoms with van der Waals surface area (Å²) < 4.78 is 2.60. The molecule has 1 N–H and O–H groups in total. The predicted molar refractivity (Wildman–Crippen MR) is 128 cm³/mol. The Morgan fingerprint density at radius 3 is 2.39 bits per heavy atom. The Morgan fingerprint density at radius 1 is 0.968 bits per heavy atom. The van der Waals surface area contributed by atoms with Crippen molar-refractivity contribution in [1.82, 2.24) is 14.8 Å². The van der Waals surface area contributed by atoms with Gasteiger partial charge < -0.3 is 5.32 Å². The van der Waals surface area contributed by atoms with Crippen LogP contribution in [0.1, 0.15) is 27.3 Å². The summed E-state index contributed by atoms with van der Waals surface area (Å²) in [6, 6.07) is 19.2. The second kappa shape index (κ2) is 8.65. The third-order valence-electron chi connectivity index (χ3n) is 4.94. The molecule has 0 radical (unpaired) electrons. The molecule has 3 aromatic carbocycles. The molecular formula is C24H20BrClN4O. The van der Waals surface area contributed by atoms with E-state index >= 15 is 0 Å². The summed E-state index contributed by atoms with van der Waals surface area (Å²) in [5.41, 5.74) is 5.36. The Kier molecular flexibility index (Phi) is 5.94. The molecule has 0 aliphatic carbocycles. The number of nitrogens with one attached hydrogen (secondary N) is 1. The van der Waals surface area contributed by atoms with Crippen LogP contribution in [0.25, 0.3) is 17.1 Å². The van der Waals surface area contributed by atoms with Gasteiger partial charge in [-0.15, -0.1) is 5.10 Å². The Hall–Kier alpha value is -2.96. The van der Waals surface area contributed by atoms with E-state index in [4.69, 9.17) is 11.6 Å². The zero-order valence-corrected chi connectivity index (χ0v) is 19.6. The van der Waals surface area contributed by atoms with Crippen molar-refractivity contribution in [3.63, 3.8) is 0 Å². The molecule has 4 rings (SSSR count). The molecule has 0 saturated carbocycles. The lowest BCUT2D eigenvalue weighted by Crippen LogP contribution is -2.15. The van der Waals surface area contributed by atoms with Crippen LogP contribution in [-0.2, 0) is 0 Å². The van der Waals surface area contributed by atoms with E-state index in [2.05, 4.69) is 31.3 Å². The minimum absolute atomic E-state index is 0.0783. The molecule has 4 aromatic rings. The van der Waals surface area contributed by atoms with Crippen molar-refractivity contribution < 1.29 is 4.79 Å². The van der Waals surface area contributed by atoms with Gasteiger partial charge in [-0.1, -0.05) is 63.4 Å². The molecule has 7 heteroatoms. The average molecular weight is 496 g/mol. The maximum Gasteiger partial charge on any atom is 0.295 e.